The largest absolute Gasteiger partial charge is 0.369 e. The van der Waals surface area contributed by atoms with E-state index in [2.05, 4.69) is 43.9 Å². The Kier molecular flexibility index (Phi) is 7.11. The topological polar surface area (TPSA) is 90.5 Å². The van der Waals surface area contributed by atoms with Crippen molar-refractivity contribution in [2.45, 2.75) is 43.4 Å². The molecule has 0 amide bonds. The van der Waals surface area contributed by atoms with E-state index in [1.54, 1.807) is 25.3 Å². The lowest BCUT2D eigenvalue weighted by atomic mass is 10.0. The second-order valence-corrected chi connectivity index (χ2v) is 14.4. The second kappa shape index (κ2) is 10.5. The van der Waals surface area contributed by atoms with Crippen LogP contribution in [0.4, 0.5) is 31.8 Å². The molecule has 1 aliphatic heterocycles. The lowest BCUT2D eigenvalue weighted by Crippen LogP contribution is -2.42. The summed E-state index contributed by atoms with van der Waals surface area (Å²) in [6.07, 6.45) is 4.76. The molecule has 8 nitrogen and oxygen atoms in total. The van der Waals surface area contributed by atoms with Gasteiger partial charge in [0.05, 0.1) is 32.5 Å². The summed E-state index contributed by atoms with van der Waals surface area (Å²) in [5.41, 5.74) is 2.98. The Hall–Kier alpha value is -3.35. The lowest BCUT2D eigenvalue weighted by Gasteiger charge is -2.36. The normalized spacial score (nSPS) is 17.3. The number of benzene rings is 2. The van der Waals surface area contributed by atoms with Crippen molar-refractivity contribution in [3.05, 3.63) is 59.6 Å². The number of fused-ring (bicyclic) bond motifs is 1. The van der Waals surface area contributed by atoms with Crippen molar-refractivity contribution in [1.29, 1.82) is 0 Å². The van der Waals surface area contributed by atoms with Gasteiger partial charge in [-0.05, 0) is 82.6 Å². The Bertz CT molecular complexity index is 1710. The van der Waals surface area contributed by atoms with Gasteiger partial charge in [0, 0.05) is 35.8 Å². The van der Waals surface area contributed by atoms with Crippen LogP contribution in [0.5, 0.6) is 0 Å². The zero-order chi connectivity index (χ0) is 28.9. The summed E-state index contributed by atoms with van der Waals surface area (Å²) < 4.78 is 57.5. The first-order chi connectivity index (χ1) is 19.5. The van der Waals surface area contributed by atoms with Crippen LogP contribution in [0, 0.1) is 11.6 Å². The van der Waals surface area contributed by atoms with Crippen molar-refractivity contribution in [3.63, 3.8) is 0 Å². The van der Waals surface area contributed by atoms with Crippen LogP contribution in [0.15, 0.2) is 48.0 Å². The molecule has 1 saturated carbocycles. The Morgan fingerprint density at radius 2 is 1.83 bits per heavy atom. The van der Waals surface area contributed by atoms with Gasteiger partial charge >= 0.3 is 0 Å². The number of sulfonamides is 1. The summed E-state index contributed by atoms with van der Waals surface area (Å²) in [7, 11) is 0.450. The minimum Gasteiger partial charge on any atom is -0.369 e. The summed E-state index contributed by atoms with van der Waals surface area (Å²) in [6.45, 7) is 3.26. The van der Waals surface area contributed by atoms with E-state index >= 15 is 4.39 Å². The monoisotopic (exact) mass is 598 g/mol. The number of nitrogens with zero attached hydrogens (tertiary/aromatic N) is 4. The van der Waals surface area contributed by atoms with Crippen molar-refractivity contribution in [2.24, 2.45) is 0 Å². The van der Waals surface area contributed by atoms with Crippen molar-refractivity contribution in [1.82, 2.24) is 14.9 Å². The van der Waals surface area contributed by atoms with E-state index in [0.717, 1.165) is 36.2 Å². The third-order valence-corrected chi connectivity index (χ3v) is 11.3. The summed E-state index contributed by atoms with van der Waals surface area (Å²) >= 11 is 1.43. The Morgan fingerprint density at radius 1 is 1.07 bits per heavy atom. The molecule has 0 spiro atoms. The Morgan fingerprint density at radius 3 is 2.51 bits per heavy atom. The fourth-order valence-corrected chi connectivity index (χ4v) is 7.38. The van der Waals surface area contributed by atoms with Gasteiger partial charge in [0.25, 0.3) is 0 Å². The molecule has 3 heterocycles. The van der Waals surface area contributed by atoms with Gasteiger partial charge in [-0.1, -0.05) is 6.07 Å². The average molecular weight is 599 g/mol. The molecule has 41 heavy (non-hydrogen) atoms. The van der Waals surface area contributed by atoms with Crippen LogP contribution in [0.1, 0.15) is 32.6 Å². The summed E-state index contributed by atoms with van der Waals surface area (Å²) in [5.74, 6) is -0.664. The van der Waals surface area contributed by atoms with Crippen LogP contribution >= 0.6 is 11.3 Å². The maximum atomic E-state index is 15.1. The van der Waals surface area contributed by atoms with Gasteiger partial charge in [0.15, 0.2) is 0 Å². The molecule has 2 aliphatic rings. The van der Waals surface area contributed by atoms with Crippen molar-refractivity contribution < 1.29 is 17.2 Å². The van der Waals surface area contributed by atoms with Crippen LogP contribution in [-0.2, 0) is 10.0 Å². The number of nitrogens with one attached hydrogen (secondary N) is 2. The van der Waals surface area contributed by atoms with Gasteiger partial charge in [-0.15, -0.1) is 11.3 Å². The quantitative estimate of drug-likeness (QED) is 0.249. The molecule has 1 aliphatic carbocycles. The maximum absolute atomic E-state index is 15.1. The van der Waals surface area contributed by atoms with Crippen molar-refractivity contribution in [2.75, 3.05) is 42.1 Å². The van der Waals surface area contributed by atoms with Crippen LogP contribution in [0.2, 0.25) is 0 Å². The van der Waals surface area contributed by atoms with E-state index in [9.17, 15) is 12.8 Å². The van der Waals surface area contributed by atoms with E-state index in [4.69, 9.17) is 0 Å². The highest BCUT2D eigenvalue weighted by Crippen LogP contribution is 2.44. The van der Waals surface area contributed by atoms with E-state index in [1.807, 2.05) is 11.4 Å². The van der Waals surface area contributed by atoms with Gasteiger partial charge in [0.2, 0.25) is 16.0 Å². The molecule has 2 aromatic carbocycles. The standard InChI is InChI=1S/C29H32F2N6O2S2/c1-29(10-11-29)41(38,39)35-24-14-18(4-6-22(24)30)21-17-40-26-16-32-28(34-27(21)26)33-19-5-7-25(23(31)15-19)37-12-8-20(9-13-37)36(2)3/h4-7,14-17,20,35H,8-13H2,1-3H3,(H,32,33,34). The summed E-state index contributed by atoms with van der Waals surface area (Å²) in [6, 6.07) is 9.90. The minimum absolute atomic E-state index is 0.0936. The van der Waals surface area contributed by atoms with Gasteiger partial charge in [0.1, 0.15) is 11.6 Å². The fraction of sp³-hybridized carbons (Fsp3) is 0.379. The first-order valence-corrected chi connectivity index (χ1v) is 15.9. The second-order valence-electron chi connectivity index (χ2n) is 11.3. The predicted molar refractivity (Wildman–Crippen MR) is 162 cm³/mol. The highest BCUT2D eigenvalue weighted by Gasteiger charge is 2.50. The summed E-state index contributed by atoms with van der Waals surface area (Å²) in [5, 5.41) is 4.98. The minimum atomic E-state index is -3.71. The number of rotatable bonds is 8. The molecule has 2 aromatic heterocycles. The molecule has 0 radical (unpaired) electrons. The summed E-state index contributed by atoms with van der Waals surface area (Å²) in [4.78, 5) is 13.4. The number of piperidine rings is 1. The van der Waals surface area contributed by atoms with Gasteiger partial charge < -0.3 is 15.1 Å². The molecule has 6 rings (SSSR count). The first-order valence-electron chi connectivity index (χ1n) is 13.6. The fourth-order valence-electron chi connectivity index (χ4n) is 5.17. The molecule has 0 unspecified atom stereocenters. The molecule has 2 N–H and O–H groups in total. The van der Waals surface area contributed by atoms with Gasteiger partial charge in [-0.2, -0.15) is 0 Å². The van der Waals surface area contributed by atoms with Crippen molar-refractivity contribution in [3.8, 4) is 11.1 Å². The predicted octanol–water partition coefficient (Wildman–Crippen LogP) is 6.20. The van der Waals surface area contributed by atoms with E-state index in [0.29, 0.717) is 47.3 Å². The number of thiophene rings is 1. The number of aromatic nitrogens is 2. The number of anilines is 4. The van der Waals surface area contributed by atoms with Crippen LogP contribution < -0.4 is 14.9 Å². The Labute approximate surface area is 242 Å². The third-order valence-electron chi connectivity index (χ3n) is 8.18. The third kappa shape index (κ3) is 5.47. The molecular formula is C29H32F2N6O2S2. The average Bonchev–Trinajstić information content (AvgIpc) is 3.57. The smallest absolute Gasteiger partial charge is 0.238 e. The zero-order valence-corrected chi connectivity index (χ0v) is 24.7. The highest BCUT2D eigenvalue weighted by molar-refractivity contribution is 7.94. The molecule has 2 fully saturated rings. The van der Waals surface area contributed by atoms with E-state index in [-0.39, 0.29) is 11.5 Å². The zero-order valence-electron chi connectivity index (χ0n) is 23.1. The molecule has 12 heteroatoms. The highest BCUT2D eigenvalue weighted by atomic mass is 32.2. The molecule has 4 aromatic rings. The van der Waals surface area contributed by atoms with Gasteiger partial charge in [-0.25, -0.2) is 27.2 Å². The SMILES string of the molecule is CN(C)C1CCN(c2ccc(Nc3ncc4scc(-c5ccc(F)c(NS(=O)(=O)C6(C)CC6)c5)c4n3)cc2F)CC1. The molecule has 1 saturated heterocycles. The lowest BCUT2D eigenvalue weighted by molar-refractivity contribution is 0.249. The maximum Gasteiger partial charge on any atom is 0.238 e. The molecule has 0 bridgehead atoms. The van der Waals surface area contributed by atoms with Crippen LogP contribution in [0.25, 0.3) is 21.3 Å². The van der Waals surface area contributed by atoms with Crippen LogP contribution in [-0.4, -0.2) is 61.3 Å². The molecule has 216 valence electrons. The number of halogens is 2. The van der Waals surface area contributed by atoms with E-state index in [1.165, 1.54) is 29.5 Å². The Balaban J connectivity index is 1.22. The number of hydrogen-bond acceptors (Lipinski definition) is 8. The van der Waals surface area contributed by atoms with Crippen LogP contribution in [0.3, 0.4) is 0 Å². The van der Waals surface area contributed by atoms with Gasteiger partial charge in [-0.3, -0.25) is 4.72 Å². The van der Waals surface area contributed by atoms with E-state index < -0.39 is 20.6 Å². The first kappa shape index (κ1) is 27.8. The number of hydrogen-bond donors (Lipinski definition) is 2. The molecular weight excluding hydrogens is 566 g/mol. The molecule has 0 atom stereocenters. The van der Waals surface area contributed by atoms with Crippen molar-refractivity contribution >= 4 is 54.6 Å².